The number of ketones is 1. The number of hydrogen-bond donors (Lipinski definition) is 2. The third-order valence-electron chi connectivity index (χ3n) is 7.58. The molecular weight excluding hydrogens is 585 g/mol. The smallest absolute Gasteiger partial charge is 0.339 e. The third-order valence-corrected chi connectivity index (χ3v) is 9.68. The minimum atomic E-state index is -4.09. The topological polar surface area (TPSA) is 110 Å². The molecule has 10 heteroatoms. The van der Waals surface area contributed by atoms with Crippen molar-refractivity contribution in [2.75, 3.05) is 4.72 Å². The van der Waals surface area contributed by atoms with E-state index in [0.717, 1.165) is 18.4 Å². The molecule has 1 aliphatic carbocycles. The fourth-order valence-corrected chi connectivity index (χ4v) is 7.17. The number of carbonyl (C=O) groups excluding carboxylic acids is 2. The van der Waals surface area contributed by atoms with Gasteiger partial charge in [-0.2, -0.15) is 0 Å². The lowest BCUT2D eigenvalue weighted by Gasteiger charge is -2.31. The maximum atomic E-state index is 13.4. The van der Waals surface area contributed by atoms with Crippen LogP contribution in [0.25, 0.3) is 0 Å². The summed E-state index contributed by atoms with van der Waals surface area (Å²) >= 11 is 12.1. The van der Waals surface area contributed by atoms with Crippen LogP contribution in [0.1, 0.15) is 43.2 Å². The summed E-state index contributed by atoms with van der Waals surface area (Å²) in [6.07, 6.45) is 1.58. The number of nitrogens with one attached hydrogen (secondary N) is 1. The second kappa shape index (κ2) is 11.9. The number of rotatable bonds is 10. The van der Waals surface area contributed by atoms with Crippen LogP contribution in [0, 0.1) is 11.8 Å². The molecule has 0 aromatic heterocycles. The van der Waals surface area contributed by atoms with Crippen molar-refractivity contribution >= 4 is 50.7 Å². The van der Waals surface area contributed by atoms with Crippen molar-refractivity contribution in [2.24, 2.45) is 11.8 Å². The number of aliphatic hydroxyl groups excluding tert-OH is 1. The Kier molecular flexibility index (Phi) is 8.45. The maximum absolute atomic E-state index is 13.4. The van der Waals surface area contributed by atoms with Gasteiger partial charge < -0.3 is 9.84 Å². The van der Waals surface area contributed by atoms with E-state index >= 15 is 0 Å². The van der Waals surface area contributed by atoms with E-state index < -0.39 is 39.6 Å². The zero-order valence-corrected chi connectivity index (χ0v) is 24.5. The van der Waals surface area contributed by atoms with E-state index in [1.807, 2.05) is 37.3 Å². The summed E-state index contributed by atoms with van der Waals surface area (Å²) in [6, 6.07) is 20.3. The molecule has 3 atom stereocenters. The minimum Gasteiger partial charge on any atom is -0.504 e. The summed E-state index contributed by atoms with van der Waals surface area (Å²) in [5.74, 6) is -2.86. The van der Waals surface area contributed by atoms with Gasteiger partial charge in [0.2, 0.25) is 5.78 Å². The van der Waals surface area contributed by atoms with Crippen LogP contribution < -0.4 is 4.72 Å². The standard InChI is InChI=1S/C31H29Cl2NO6S/c1-2-19(15-18-7-4-3-5-8-18)30-29(36)28(35)27(31(37)40-30)26(20-11-12-20)21-9-6-10-23(16-21)34-41(38,39)25-17-22(32)13-14-24(25)33/h3-10,13-14,16-17,19-20,26,30,34-35H,2,11-12,15H2,1H3. The second-order valence-electron chi connectivity index (χ2n) is 10.4. The number of carbonyl (C=O) groups is 2. The number of benzene rings is 3. The number of anilines is 1. The number of ether oxygens (including phenoxy) is 1. The average Bonchev–Trinajstić information content (AvgIpc) is 3.79. The van der Waals surface area contributed by atoms with Gasteiger partial charge in [0, 0.05) is 22.5 Å². The summed E-state index contributed by atoms with van der Waals surface area (Å²) in [4.78, 5) is 26.7. The van der Waals surface area contributed by atoms with Gasteiger partial charge in [0.15, 0.2) is 11.9 Å². The number of cyclic esters (lactones) is 1. The van der Waals surface area contributed by atoms with E-state index in [9.17, 15) is 23.1 Å². The Hall–Kier alpha value is -3.33. The largest absolute Gasteiger partial charge is 0.504 e. The first-order chi connectivity index (χ1) is 19.6. The highest BCUT2D eigenvalue weighted by atomic mass is 35.5. The van der Waals surface area contributed by atoms with Gasteiger partial charge in [0.25, 0.3) is 10.0 Å². The molecule has 3 aromatic carbocycles. The van der Waals surface area contributed by atoms with Crippen molar-refractivity contribution in [3.8, 4) is 0 Å². The summed E-state index contributed by atoms with van der Waals surface area (Å²) in [7, 11) is -4.09. The average molecular weight is 615 g/mol. The van der Waals surface area contributed by atoms with Gasteiger partial charge in [-0.25, -0.2) is 13.2 Å². The molecule has 5 rings (SSSR count). The highest BCUT2D eigenvalue weighted by Crippen LogP contribution is 2.49. The number of esters is 1. The molecular formula is C31H29Cl2NO6S. The molecule has 3 aromatic rings. The van der Waals surface area contributed by atoms with E-state index in [-0.39, 0.29) is 38.0 Å². The number of Topliss-reactive ketones (excluding diaryl/α,β-unsaturated/α-hetero) is 1. The Morgan fingerprint density at radius 3 is 2.41 bits per heavy atom. The predicted octanol–water partition coefficient (Wildman–Crippen LogP) is 6.86. The summed E-state index contributed by atoms with van der Waals surface area (Å²) in [6.45, 7) is 1.92. The van der Waals surface area contributed by atoms with Crippen LogP contribution >= 0.6 is 23.2 Å². The fraction of sp³-hybridized carbons (Fsp3) is 0.290. The van der Waals surface area contributed by atoms with Crippen LogP contribution in [0.2, 0.25) is 10.0 Å². The van der Waals surface area contributed by atoms with Crippen LogP contribution in [0.3, 0.4) is 0 Å². The van der Waals surface area contributed by atoms with Crippen LogP contribution in [-0.2, 0) is 30.8 Å². The van der Waals surface area contributed by atoms with Gasteiger partial charge in [0.1, 0.15) is 4.90 Å². The Balaban J connectivity index is 1.44. The summed E-state index contributed by atoms with van der Waals surface area (Å²) < 4.78 is 34.4. The third kappa shape index (κ3) is 6.30. The molecule has 2 N–H and O–H groups in total. The Bertz CT molecular complexity index is 1620. The molecule has 3 unspecified atom stereocenters. The molecule has 1 fully saturated rings. The van der Waals surface area contributed by atoms with Crippen molar-refractivity contribution in [1.82, 2.24) is 0 Å². The molecule has 2 aliphatic rings. The van der Waals surface area contributed by atoms with Gasteiger partial charge in [-0.1, -0.05) is 72.6 Å². The van der Waals surface area contributed by atoms with Crippen molar-refractivity contribution in [3.05, 3.63) is 105 Å². The van der Waals surface area contributed by atoms with Crippen molar-refractivity contribution in [1.29, 1.82) is 0 Å². The monoisotopic (exact) mass is 613 g/mol. The van der Waals surface area contributed by atoms with E-state index in [0.29, 0.717) is 18.4 Å². The number of halogens is 2. The summed E-state index contributed by atoms with van der Waals surface area (Å²) in [5.41, 5.74) is 1.73. The lowest BCUT2D eigenvalue weighted by atomic mass is 9.81. The Labute approximate surface area is 249 Å². The first-order valence-corrected chi connectivity index (χ1v) is 15.6. The quantitative estimate of drug-likeness (QED) is 0.242. The molecule has 0 bridgehead atoms. The van der Waals surface area contributed by atoms with Crippen molar-refractivity contribution in [3.63, 3.8) is 0 Å². The molecule has 1 heterocycles. The second-order valence-corrected chi connectivity index (χ2v) is 12.9. The molecule has 1 saturated carbocycles. The lowest BCUT2D eigenvalue weighted by molar-refractivity contribution is -0.158. The molecule has 0 saturated heterocycles. The summed E-state index contributed by atoms with van der Waals surface area (Å²) in [5, 5.41) is 11.4. The number of aliphatic hydroxyl groups is 1. The molecule has 0 radical (unpaired) electrons. The lowest BCUT2D eigenvalue weighted by Crippen LogP contribution is -2.42. The molecule has 7 nitrogen and oxygen atoms in total. The highest BCUT2D eigenvalue weighted by Gasteiger charge is 2.47. The molecule has 214 valence electrons. The van der Waals surface area contributed by atoms with Crippen LogP contribution in [-0.4, -0.2) is 31.4 Å². The van der Waals surface area contributed by atoms with E-state index in [1.165, 1.54) is 18.2 Å². The number of hydrogen-bond acceptors (Lipinski definition) is 6. The van der Waals surface area contributed by atoms with Gasteiger partial charge in [0.05, 0.1) is 10.6 Å². The van der Waals surface area contributed by atoms with Crippen LogP contribution in [0.5, 0.6) is 0 Å². The molecule has 0 amide bonds. The Morgan fingerprint density at radius 1 is 1.00 bits per heavy atom. The minimum absolute atomic E-state index is 0.00966. The van der Waals surface area contributed by atoms with Crippen molar-refractivity contribution in [2.45, 2.75) is 49.5 Å². The van der Waals surface area contributed by atoms with E-state index in [2.05, 4.69) is 4.72 Å². The van der Waals surface area contributed by atoms with Gasteiger partial charge in [-0.3, -0.25) is 9.52 Å². The molecule has 41 heavy (non-hydrogen) atoms. The first-order valence-electron chi connectivity index (χ1n) is 13.4. The highest BCUT2D eigenvalue weighted by molar-refractivity contribution is 7.92. The number of sulfonamides is 1. The predicted molar refractivity (Wildman–Crippen MR) is 158 cm³/mol. The fourth-order valence-electron chi connectivity index (χ4n) is 5.36. The van der Waals surface area contributed by atoms with Gasteiger partial charge in [-0.05, 0) is 73.1 Å². The zero-order chi connectivity index (χ0) is 29.3. The Morgan fingerprint density at radius 2 is 1.73 bits per heavy atom. The maximum Gasteiger partial charge on any atom is 0.339 e. The SMILES string of the molecule is CCC(Cc1ccccc1)C1OC(=O)C(C(c2cccc(NS(=O)(=O)c3cc(Cl)ccc3Cl)c2)C2CC2)=C(O)C1=O. The van der Waals surface area contributed by atoms with Crippen molar-refractivity contribution < 1.29 is 27.9 Å². The normalized spacial score (nSPS) is 19.0. The molecule has 1 aliphatic heterocycles. The van der Waals surface area contributed by atoms with Crippen LogP contribution in [0.15, 0.2) is 89.0 Å². The van der Waals surface area contributed by atoms with Crippen LogP contribution in [0.4, 0.5) is 5.69 Å². The van der Waals surface area contributed by atoms with E-state index in [4.69, 9.17) is 27.9 Å². The zero-order valence-electron chi connectivity index (χ0n) is 22.2. The molecule has 0 spiro atoms. The van der Waals surface area contributed by atoms with E-state index in [1.54, 1.807) is 24.3 Å². The van der Waals surface area contributed by atoms with Gasteiger partial charge in [-0.15, -0.1) is 0 Å². The first kappa shape index (κ1) is 29.2. The van der Waals surface area contributed by atoms with Gasteiger partial charge >= 0.3 is 5.97 Å².